The Labute approximate surface area is 165 Å². The summed E-state index contributed by atoms with van der Waals surface area (Å²) in [5.41, 5.74) is 3.21. The van der Waals surface area contributed by atoms with Crippen LogP contribution in [-0.4, -0.2) is 37.6 Å². The number of carbonyl (C=O) groups is 1. The molecule has 0 aromatic heterocycles. The Morgan fingerprint density at radius 1 is 1.14 bits per heavy atom. The molecular formula is C23H25NO4. The summed E-state index contributed by atoms with van der Waals surface area (Å²) in [7, 11) is 1.61. The van der Waals surface area contributed by atoms with Gasteiger partial charge in [-0.25, -0.2) is 0 Å². The number of hydrogen-bond acceptors (Lipinski definition) is 4. The topological polar surface area (TPSA) is 67.8 Å². The minimum Gasteiger partial charge on any atom is -0.393 e. The van der Waals surface area contributed by atoms with E-state index in [9.17, 15) is 9.90 Å². The zero-order chi connectivity index (χ0) is 19.8. The standard InChI is InChI=1S/C23H25NO4/c1-24-23(26)20-13-9-18(10-14-20)6-5-17-7-11-19(12-8-17)21(16-25)28-22-4-2-3-15-27-22/h7-14,21-22,25H,2-4,15-16H2,1H3,(H,24,26)/t21-,22?/m1/s1. The fourth-order valence-electron chi connectivity index (χ4n) is 3.00. The van der Waals surface area contributed by atoms with Gasteiger partial charge in [0.25, 0.3) is 5.91 Å². The van der Waals surface area contributed by atoms with Gasteiger partial charge in [-0.15, -0.1) is 0 Å². The molecule has 1 aliphatic rings. The summed E-state index contributed by atoms with van der Waals surface area (Å²) < 4.78 is 11.5. The van der Waals surface area contributed by atoms with Gasteiger partial charge in [-0.1, -0.05) is 24.0 Å². The molecule has 1 unspecified atom stereocenters. The summed E-state index contributed by atoms with van der Waals surface area (Å²) in [6, 6.07) is 14.8. The van der Waals surface area contributed by atoms with Crippen molar-refractivity contribution in [2.45, 2.75) is 31.7 Å². The number of hydrogen-bond donors (Lipinski definition) is 2. The Morgan fingerprint density at radius 3 is 2.32 bits per heavy atom. The molecule has 146 valence electrons. The van der Waals surface area contributed by atoms with Crippen molar-refractivity contribution in [2.75, 3.05) is 20.3 Å². The number of nitrogens with one attached hydrogen (secondary N) is 1. The van der Waals surface area contributed by atoms with Gasteiger partial charge in [0.05, 0.1) is 6.61 Å². The van der Waals surface area contributed by atoms with Gasteiger partial charge in [0, 0.05) is 30.3 Å². The molecular weight excluding hydrogens is 354 g/mol. The highest BCUT2D eigenvalue weighted by atomic mass is 16.7. The number of aliphatic hydroxyl groups excluding tert-OH is 1. The highest BCUT2D eigenvalue weighted by molar-refractivity contribution is 5.94. The fourth-order valence-corrected chi connectivity index (χ4v) is 3.00. The molecule has 1 fully saturated rings. The highest BCUT2D eigenvalue weighted by Crippen LogP contribution is 2.24. The first-order valence-electron chi connectivity index (χ1n) is 9.51. The molecule has 1 saturated heterocycles. The molecule has 0 spiro atoms. The summed E-state index contributed by atoms with van der Waals surface area (Å²) in [5.74, 6) is 6.09. The van der Waals surface area contributed by atoms with Crippen LogP contribution in [0.4, 0.5) is 0 Å². The Morgan fingerprint density at radius 2 is 1.79 bits per heavy atom. The van der Waals surface area contributed by atoms with E-state index in [1.807, 2.05) is 36.4 Å². The summed E-state index contributed by atoms with van der Waals surface area (Å²) in [4.78, 5) is 11.6. The van der Waals surface area contributed by atoms with E-state index < -0.39 is 6.10 Å². The molecule has 2 aromatic rings. The van der Waals surface area contributed by atoms with Gasteiger partial charge in [-0.05, 0) is 61.2 Å². The van der Waals surface area contributed by atoms with Crippen molar-refractivity contribution in [1.29, 1.82) is 0 Å². The lowest BCUT2D eigenvalue weighted by molar-refractivity contribution is -0.196. The fraction of sp³-hybridized carbons (Fsp3) is 0.348. The molecule has 2 aromatic carbocycles. The number of rotatable bonds is 5. The third-order valence-corrected chi connectivity index (χ3v) is 4.63. The first-order valence-corrected chi connectivity index (χ1v) is 9.51. The van der Waals surface area contributed by atoms with Crippen LogP contribution >= 0.6 is 0 Å². The largest absolute Gasteiger partial charge is 0.393 e. The Kier molecular flexibility index (Phi) is 7.21. The van der Waals surface area contributed by atoms with E-state index in [1.165, 1.54) is 0 Å². The summed E-state index contributed by atoms with van der Waals surface area (Å²) in [6.45, 7) is 0.615. The predicted molar refractivity (Wildman–Crippen MR) is 107 cm³/mol. The van der Waals surface area contributed by atoms with E-state index in [0.717, 1.165) is 36.0 Å². The molecule has 2 atom stereocenters. The predicted octanol–water partition coefficient (Wildman–Crippen LogP) is 3.02. The molecule has 1 heterocycles. The number of ether oxygens (including phenoxy) is 2. The first-order chi connectivity index (χ1) is 13.7. The van der Waals surface area contributed by atoms with Crippen LogP contribution in [0, 0.1) is 11.8 Å². The van der Waals surface area contributed by atoms with E-state index >= 15 is 0 Å². The summed E-state index contributed by atoms with van der Waals surface area (Å²) in [5, 5.41) is 12.3. The van der Waals surface area contributed by atoms with Crippen molar-refractivity contribution in [3.63, 3.8) is 0 Å². The van der Waals surface area contributed by atoms with Crippen LogP contribution in [0.25, 0.3) is 0 Å². The van der Waals surface area contributed by atoms with Gasteiger partial charge < -0.3 is 19.9 Å². The Balaban J connectivity index is 1.63. The number of benzene rings is 2. The van der Waals surface area contributed by atoms with Gasteiger partial charge in [0.1, 0.15) is 6.10 Å². The molecule has 0 bridgehead atoms. The van der Waals surface area contributed by atoms with Gasteiger partial charge in [0.15, 0.2) is 6.29 Å². The monoisotopic (exact) mass is 379 g/mol. The van der Waals surface area contributed by atoms with Crippen LogP contribution in [-0.2, 0) is 9.47 Å². The van der Waals surface area contributed by atoms with Crippen LogP contribution in [0.2, 0.25) is 0 Å². The van der Waals surface area contributed by atoms with Gasteiger partial charge in [-0.2, -0.15) is 0 Å². The molecule has 0 saturated carbocycles. The normalized spacial score (nSPS) is 17.3. The minimum atomic E-state index is -0.401. The summed E-state index contributed by atoms with van der Waals surface area (Å²) in [6.07, 6.45) is 2.36. The highest BCUT2D eigenvalue weighted by Gasteiger charge is 2.20. The van der Waals surface area contributed by atoms with Crippen LogP contribution in [0.1, 0.15) is 52.4 Å². The van der Waals surface area contributed by atoms with Crippen molar-refractivity contribution < 1.29 is 19.4 Å². The molecule has 0 radical (unpaired) electrons. The minimum absolute atomic E-state index is 0.0947. The Bertz CT molecular complexity index is 828. The number of carbonyl (C=O) groups excluding carboxylic acids is 1. The second-order valence-corrected chi connectivity index (χ2v) is 6.63. The van der Waals surface area contributed by atoms with E-state index in [0.29, 0.717) is 12.2 Å². The van der Waals surface area contributed by atoms with Gasteiger partial charge in [0.2, 0.25) is 0 Å². The number of amides is 1. The van der Waals surface area contributed by atoms with Crippen molar-refractivity contribution in [3.05, 3.63) is 70.8 Å². The maximum Gasteiger partial charge on any atom is 0.251 e. The van der Waals surface area contributed by atoms with Crippen molar-refractivity contribution in [1.82, 2.24) is 5.32 Å². The van der Waals surface area contributed by atoms with Crippen LogP contribution in [0.3, 0.4) is 0 Å². The van der Waals surface area contributed by atoms with Gasteiger partial charge >= 0.3 is 0 Å². The van der Waals surface area contributed by atoms with Crippen LogP contribution in [0.15, 0.2) is 48.5 Å². The molecule has 3 rings (SSSR count). The lowest BCUT2D eigenvalue weighted by Crippen LogP contribution is -2.25. The second-order valence-electron chi connectivity index (χ2n) is 6.63. The SMILES string of the molecule is CNC(=O)c1ccc(C#Cc2ccc([C@@H](CO)OC3CCCCO3)cc2)cc1. The van der Waals surface area contributed by atoms with Crippen LogP contribution in [0.5, 0.6) is 0 Å². The van der Waals surface area contributed by atoms with E-state index in [2.05, 4.69) is 17.2 Å². The second kappa shape index (κ2) is 10.0. The maximum atomic E-state index is 11.6. The van der Waals surface area contributed by atoms with E-state index in [4.69, 9.17) is 9.47 Å². The molecule has 0 aliphatic carbocycles. The zero-order valence-electron chi connectivity index (χ0n) is 16.0. The molecule has 28 heavy (non-hydrogen) atoms. The van der Waals surface area contributed by atoms with Crippen molar-refractivity contribution >= 4 is 5.91 Å². The molecule has 1 aliphatic heterocycles. The number of aliphatic hydroxyl groups is 1. The molecule has 5 heteroatoms. The zero-order valence-corrected chi connectivity index (χ0v) is 16.0. The maximum absolute atomic E-state index is 11.6. The van der Waals surface area contributed by atoms with Crippen molar-refractivity contribution in [2.24, 2.45) is 0 Å². The van der Waals surface area contributed by atoms with E-state index in [-0.39, 0.29) is 18.8 Å². The summed E-state index contributed by atoms with van der Waals surface area (Å²) >= 11 is 0. The van der Waals surface area contributed by atoms with Crippen molar-refractivity contribution in [3.8, 4) is 11.8 Å². The smallest absolute Gasteiger partial charge is 0.251 e. The average Bonchev–Trinajstić information content (AvgIpc) is 2.77. The third kappa shape index (κ3) is 5.43. The third-order valence-electron chi connectivity index (χ3n) is 4.63. The molecule has 2 N–H and O–H groups in total. The Hall–Kier alpha value is -2.65. The average molecular weight is 379 g/mol. The quantitative estimate of drug-likeness (QED) is 0.784. The molecule has 5 nitrogen and oxygen atoms in total. The lowest BCUT2D eigenvalue weighted by Gasteiger charge is -2.27. The molecule has 1 amide bonds. The van der Waals surface area contributed by atoms with E-state index in [1.54, 1.807) is 19.2 Å². The lowest BCUT2D eigenvalue weighted by atomic mass is 10.1. The van der Waals surface area contributed by atoms with Crippen LogP contribution < -0.4 is 5.32 Å². The first kappa shape index (κ1) is 20.1. The van der Waals surface area contributed by atoms with Gasteiger partial charge in [-0.3, -0.25) is 4.79 Å².